The Kier molecular flexibility index (Phi) is 3.56. The van der Waals surface area contributed by atoms with Crippen molar-refractivity contribution in [3.63, 3.8) is 0 Å². The zero-order valence-corrected chi connectivity index (χ0v) is 13.0. The lowest BCUT2D eigenvalue weighted by Crippen LogP contribution is -2.52. The van der Waals surface area contributed by atoms with E-state index in [-0.39, 0.29) is 5.25 Å². The van der Waals surface area contributed by atoms with Crippen LogP contribution in [-0.2, 0) is 9.84 Å². The Balaban J connectivity index is 1.82. The summed E-state index contributed by atoms with van der Waals surface area (Å²) in [6.45, 7) is 10.3. The normalized spacial score (nSPS) is 26.2. The molecule has 18 heavy (non-hydrogen) atoms. The number of hydrogen-bond acceptors (Lipinski definition) is 3. The van der Waals surface area contributed by atoms with Gasteiger partial charge in [-0.2, -0.15) is 0 Å². The first-order valence-electron chi connectivity index (χ1n) is 7.01. The Morgan fingerprint density at radius 2 is 1.67 bits per heavy atom. The largest absolute Gasteiger partial charge is 0.303 e. The molecule has 1 spiro atoms. The van der Waals surface area contributed by atoms with Gasteiger partial charge >= 0.3 is 0 Å². The van der Waals surface area contributed by atoms with E-state index in [1.807, 2.05) is 0 Å². The van der Waals surface area contributed by atoms with E-state index in [1.165, 1.54) is 19.1 Å². The summed E-state index contributed by atoms with van der Waals surface area (Å²) in [6, 6.07) is 0. The van der Waals surface area contributed by atoms with Crippen molar-refractivity contribution in [1.29, 1.82) is 0 Å². The highest BCUT2D eigenvalue weighted by atomic mass is 32.2. The summed E-state index contributed by atoms with van der Waals surface area (Å²) in [4.78, 5) is 2.54. The third-order valence-corrected chi connectivity index (χ3v) is 6.09. The minimum Gasteiger partial charge on any atom is -0.303 e. The molecule has 0 N–H and O–H groups in total. The number of nitrogens with zero attached hydrogens (tertiary/aromatic N) is 1. The maximum Gasteiger partial charge on any atom is 0.150 e. The van der Waals surface area contributed by atoms with Gasteiger partial charge in [0.2, 0.25) is 0 Å². The molecule has 1 aliphatic carbocycles. The van der Waals surface area contributed by atoms with Gasteiger partial charge in [0.25, 0.3) is 0 Å². The van der Waals surface area contributed by atoms with E-state index in [4.69, 9.17) is 0 Å². The van der Waals surface area contributed by atoms with Crippen molar-refractivity contribution in [2.75, 3.05) is 25.9 Å². The molecule has 2 fully saturated rings. The van der Waals surface area contributed by atoms with Gasteiger partial charge in [0.1, 0.15) is 9.84 Å². The SMILES string of the molecule is CC(C)(C)CN1CCC2(CC1)CC(S(C)(=O)=O)C2. The average Bonchev–Trinajstić information content (AvgIpc) is 2.11. The van der Waals surface area contributed by atoms with Gasteiger partial charge in [-0.3, -0.25) is 0 Å². The standard InChI is InChI=1S/C14H27NO2S/c1-13(2,3)11-15-7-5-14(6-8-15)9-12(10-14)18(4,16)17/h12H,5-11H2,1-4H3. The molecule has 0 aromatic carbocycles. The number of piperidine rings is 1. The molecule has 0 aromatic rings. The van der Waals surface area contributed by atoms with Crippen LogP contribution in [0.5, 0.6) is 0 Å². The van der Waals surface area contributed by atoms with Crippen molar-refractivity contribution in [2.24, 2.45) is 10.8 Å². The van der Waals surface area contributed by atoms with Crippen LogP contribution in [-0.4, -0.2) is 44.5 Å². The lowest BCUT2D eigenvalue weighted by Gasteiger charge is -2.52. The van der Waals surface area contributed by atoms with Crippen LogP contribution in [0.15, 0.2) is 0 Å². The molecule has 0 bridgehead atoms. The number of likely N-dealkylation sites (tertiary alicyclic amines) is 1. The molecule has 1 saturated carbocycles. The van der Waals surface area contributed by atoms with Gasteiger partial charge in [-0.05, 0) is 49.6 Å². The highest BCUT2D eigenvalue weighted by molar-refractivity contribution is 7.91. The Bertz CT molecular complexity index is 392. The molecule has 0 aromatic heterocycles. The van der Waals surface area contributed by atoms with Crippen LogP contribution in [0.4, 0.5) is 0 Å². The third-order valence-electron chi connectivity index (χ3n) is 4.54. The summed E-state index contributed by atoms with van der Waals surface area (Å²) in [5.74, 6) is 0. The molecule has 1 heterocycles. The molecule has 1 aliphatic heterocycles. The fourth-order valence-electron chi connectivity index (χ4n) is 3.47. The number of rotatable bonds is 2. The lowest BCUT2D eigenvalue weighted by molar-refractivity contribution is 0.0245. The number of sulfone groups is 1. The lowest BCUT2D eigenvalue weighted by atomic mass is 9.63. The quantitative estimate of drug-likeness (QED) is 0.775. The highest BCUT2D eigenvalue weighted by Gasteiger charge is 2.49. The summed E-state index contributed by atoms with van der Waals surface area (Å²) in [6.07, 6.45) is 5.59. The second-order valence-electron chi connectivity index (χ2n) is 7.70. The van der Waals surface area contributed by atoms with Crippen LogP contribution in [0.25, 0.3) is 0 Å². The molecular formula is C14H27NO2S. The summed E-state index contributed by atoms with van der Waals surface area (Å²) >= 11 is 0. The van der Waals surface area contributed by atoms with Gasteiger partial charge in [0, 0.05) is 12.8 Å². The van der Waals surface area contributed by atoms with Crippen molar-refractivity contribution < 1.29 is 8.42 Å². The maximum absolute atomic E-state index is 11.5. The summed E-state index contributed by atoms with van der Waals surface area (Å²) in [7, 11) is -2.80. The van der Waals surface area contributed by atoms with Crippen molar-refractivity contribution in [3.05, 3.63) is 0 Å². The predicted molar refractivity (Wildman–Crippen MR) is 75.4 cm³/mol. The maximum atomic E-state index is 11.5. The minimum absolute atomic E-state index is 0.0494. The molecule has 106 valence electrons. The van der Waals surface area contributed by atoms with Crippen molar-refractivity contribution in [3.8, 4) is 0 Å². The third kappa shape index (κ3) is 3.27. The van der Waals surface area contributed by atoms with E-state index >= 15 is 0 Å². The molecule has 4 heteroatoms. The van der Waals surface area contributed by atoms with Crippen LogP contribution in [0.1, 0.15) is 46.5 Å². The average molecular weight is 273 g/mol. The van der Waals surface area contributed by atoms with E-state index in [0.29, 0.717) is 10.8 Å². The van der Waals surface area contributed by atoms with Crippen molar-refractivity contribution in [2.45, 2.75) is 51.7 Å². The van der Waals surface area contributed by atoms with Gasteiger partial charge in [-0.25, -0.2) is 8.42 Å². The number of hydrogen-bond donors (Lipinski definition) is 0. The monoisotopic (exact) mass is 273 g/mol. The van der Waals surface area contributed by atoms with Gasteiger partial charge in [0.05, 0.1) is 5.25 Å². The summed E-state index contributed by atoms with van der Waals surface area (Å²) in [5.41, 5.74) is 0.724. The van der Waals surface area contributed by atoms with E-state index < -0.39 is 9.84 Å². The highest BCUT2D eigenvalue weighted by Crippen LogP contribution is 2.51. The molecular weight excluding hydrogens is 246 g/mol. The van der Waals surface area contributed by atoms with Crippen molar-refractivity contribution in [1.82, 2.24) is 4.90 Å². The van der Waals surface area contributed by atoms with Crippen LogP contribution in [0.3, 0.4) is 0 Å². The van der Waals surface area contributed by atoms with Crippen molar-refractivity contribution >= 4 is 9.84 Å². The van der Waals surface area contributed by atoms with Gasteiger partial charge in [0.15, 0.2) is 0 Å². The van der Waals surface area contributed by atoms with Gasteiger partial charge in [-0.1, -0.05) is 20.8 Å². The molecule has 0 radical (unpaired) electrons. The second kappa shape index (κ2) is 4.48. The minimum atomic E-state index is -2.80. The fourth-order valence-corrected chi connectivity index (χ4v) is 4.79. The molecule has 2 aliphatic rings. The van der Waals surface area contributed by atoms with Crippen LogP contribution >= 0.6 is 0 Å². The van der Waals surface area contributed by atoms with Gasteiger partial charge in [-0.15, -0.1) is 0 Å². The first-order chi connectivity index (χ1) is 8.10. The molecule has 0 atom stereocenters. The van der Waals surface area contributed by atoms with E-state index in [1.54, 1.807) is 0 Å². The van der Waals surface area contributed by atoms with E-state index in [2.05, 4.69) is 25.7 Å². The molecule has 1 saturated heterocycles. The zero-order chi connectivity index (χ0) is 13.6. The molecule has 0 unspecified atom stereocenters. The molecule has 0 amide bonds. The fraction of sp³-hybridized carbons (Fsp3) is 1.00. The van der Waals surface area contributed by atoms with E-state index in [0.717, 1.165) is 32.5 Å². The Hall–Kier alpha value is -0.0900. The topological polar surface area (TPSA) is 37.4 Å². The summed E-state index contributed by atoms with van der Waals surface area (Å²) < 4.78 is 23.0. The molecule has 3 nitrogen and oxygen atoms in total. The Morgan fingerprint density at radius 1 is 1.17 bits per heavy atom. The second-order valence-corrected chi connectivity index (χ2v) is 10.0. The first kappa shape index (κ1) is 14.3. The predicted octanol–water partition coefficient (Wildman–Crippen LogP) is 2.32. The van der Waals surface area contributed by atoms with Crippen LogP contribution < -0.4 is 0 Å². The molecule has 2 rings (SSSR count). The summed E-state index contributed by atoms with van der Waals surface area (Å²) in [5, 5.41) is -0.0494. The Morgan fingerprint density at radius 3 is 2.06 bits per heavy atom. The van der Waals surface area contributed by atoms with Crippen LogP contribution in [0, 0.1) is 10.8 Å². The first-order valence-corrected chi connectivity index (χ1v) is 8.96. The van der Waals surface area contributed by atoms with Crippen LogP contribution in [0.2, 0.25) is 0 Å². The zero-order valence-electron chi connectivity index (χ0n) is 12.2. The van der Waals surface area contributed by atoms with Gasteiger partial charge < -0.3 is 4.90 Å². The Labute approximate surface area is 112 Å². The smallest absolute Gasteiger partial charge is 0.150 e. The van der Waals surface area contributed by atoms with E-state index in [9.17, 15) is 8.42 Å².